The number of ether oxygens (including phenoxy) is 2. The van der Waals surface area contributed by atoms with Gasteiger partial charge < -0.3 is 14.6 Å². The second-order valence-corrected chi connectivity index (χ2v) is 8.66. The second-order valence-electron chi connectivity index (χ2n) is 8.66. The standard InChI is InChI=1S/C29H29NO5/c1-5-14-35-24-12-8-21(9-13-24)27(31)25-26(20-6-10-23(34-4)11-7-20)30(29(33)28(25)32)22-16-18(2)15-19(3)17-22/h6-13,15-17,26,31H,5,14H2,1-4H3/b27-25+. The zero-order valence-corrected chi connectivity index (χ0v) is 20.4. The van der Waals surface area contributed by atoms with Crippen molar-refractivity contribution >= 4 is 23.1 Å². The molecule has 0 bridgehead atoms. The van der Waals surface area contributed by atoms with Crippen LogP contribution in [0.2, 0.25) is 0 Å². The number of benzene rings is 3. The largest absolute Gasteiger partial charge is 0.507 e. The fourth-order valence-corrected chi connectivity index (χ4v) is 4.37. The van der Waals surface area contributed by atoms with Gasteiger partial charge in [-0.05, 0) is 85.5 Å². The molecule has 0 spiro atoms. The van der Waals surface area contributed by atoms with E-state index < -0.39 is 17.7 Å². The van der Waals surface area contributed by atoms with E-state index in [1.807, 2.05) is 39.0 Å². The lowest BCUT2D eigenvalue weighted by atomic mass is 9.95. The molecule has 1 atom stereocenters. The Hall–Kier alpha value is -4.06. The van der Waals surface area contributed by atoms with E-state index in [0.29, 0.717) is 34.9 Å². The van der Waals surface area contributed by atoms with Gasteiger partial charge in [0.2, 0.25) is 0 Å². The van der Waals surface area contributed by atoms with E-state index >= 15 is 0 Å². The smallest absolute Gasteiger partial charge is 0.300 e. The van der Waals surface area contributed by atoms with Gasteiger partial charge in [-0.15, -0.1) is 0 Å². The highest BCUT2D eigenvalue weighted by Crippen LogP contribution is 2.43. The summed E-state index contributed by atoms with van der Waals surface area (Å²) in [5.41, 5.74) is 3.71. The van der Waals surface area contributed by atoms with Crippen LogP contribution in [0.3, 0.4) is 0 Å². The maximum atomic E-state index is 13.3. The van der Waals surface area contributed by atoms with Crippen LogP contribution in [0.25, 0.3) is 5.76 Å². The molecule has 1 aliphatic rings. The van der Waals surface area contributed by atoms with Gasteiger partial charge in [-0.1, -0.05) is 25.1 Å². The zero-order chi connectivity index (χ0) is 25.1. The highest BCUT2D eigenvalue weighted by atomic mass is 16.5. The predicted octanol–water partition coefficient (Wildman–Crippen LogP) is 5.73. The monoisotopic (exact) mass is 471 g/mol. The molecular formula is C29H29NO5. The van der Waals surface area contributed by atoms with Crippen molar-refractivity contribution in [1.82, 2.24) is 0 Å². The van der Waals surface area contributed by atoms with Gasteiger partial charge in [-0.25, -0.2) is 0 Å². The molecule has 35 heavy (non-hydrogen) atoms. The minimum Gasteiger partial charge on any atom is -0.507 e. The number of carbonyl (C=O) groups is 2. The van der Waals surface area contributed by atoms with E-state index in [4.69, 9.17) is 9.47 Å². The van der Waals surface area contributed by atoms with Crippen LogP contribution in [0.4, 0.5) is 5.69 Å². The van der Waals surface area contributed by atoms with E-state index in [9.17, 15) is 14.7 Å². The first-order valence-corrected chi connectivity index (χ1v) is 11.6. The number of amides is 1. The molecule has 0 saturated carbocycles. The van der Waals surface area contributed by atoms with E-state index in [1.54, 1.807) is 55.6 Å². The third kappa shape index (κ3) is 4.78. The first-order valence-electron chi connectivity index (χ1n) is 11.6. The van der Waals surface area contributed by atoms with Crippen molar-refractivity contribution < 1.29 is 24.2 Å². The molecule has 3 aromatic rings. The van der Waals surface area contributed by atoms with E-state index in [-0.39, 0.29) is 11.3 Å². The summed E-state index contributed by atoms with van der Waals surface area (Å²) in [6, 6.07) is 19.0. The molecule has 1 saturated heterocycles. The molecule has 1 heterocycles. The molecule has 3 aromatic carbocycles. The van der Waals surface area contributed by atoms with Gasteiger partial charge in [-0.2, -0.15) is 0 Å². The maximum absolute atomic E-state index is 13.3. The second kappa shape index (κ2) is 10.1. The highest BCUT2D eigenvalue weighted by molar-refractivity contribution is 6.51. The average Bonchev–Trinajstić information content (AvgIpc) is 3.12. The lowest BCUT2D eigenvalue weighted by Gasteiger charge is -2.26. The van der Waals surface area contributed by atoms with Crippen LogP contribution in [0.15, 0.2) is 72.3 Å². The summed E-state index contributed by atoms with van der Waals surface area (Å²) in [7, 11) is 1.57. The molecule has 1 N–H and O–H groups in total. The molecular weight excluding hydrogens is 442 g/mol. The number of ketones is 1. The van der Waals surface area contributed by atoms with Gasteiger partial charge in [0.05, 0.1) is 25.3 Å². The molecule has 1 amide bonds. The summed E-state index contributed by atoms with van der Waals surface area (Å²) in [5, 5.41) is 11.3. The quantitative estimate of drug-likeness (QED) is 0.271. The summed E-state index contributed by atoms with van der Waals surface area (Å²) in [6.07, 6.45) is 0.880. The Kier molecular flexibility index (Phi) is 6.92. The Morgan fingerprint density at radius 1 is 0.914 bits per heavy atom. The zero-order valence-electron chi connectivity index (χ0n) is 20.4. The summed E-state index contributed by atoms with van der Waals surface area (Å²) in [6.45, 7) is 6.49. The molecule has 4 rings (SSSR count). The molecule has 0 radical (unpaired) electrons. The summed E-state index contributed by atoms with van der Waals surface area (Å²) in [5.74, 6) is -0.308. The van der Waals surface area contributed by atoms with Crippen LogP contribution in [0, 0.1) is 13.8 Å². The third-order valence-corrected chi connectivity index (χ3v) is 5.96. The predicted molar refractivity (Wildman–Crippen MR) is 136 cm³/mol. The van der Waals surface area contributed by atoms with Crippen LogP contribution >= 0.6 is 0 Å². The molecule has 180 valence electrons. The van der Waals surface area contributed by atoms with Crippen molar-refractivity contribution in [2.45, 2.75) is 33.2 Å². The minimum atomic E-state index is -0.793. The third-order valence-electron chi connectivity index (χ3n) is 5.96. The normalized spacial score (nSPS) is 17.0. The number of aryl methyl sites for hydroxylation is 2. The fraction of sp³-hybridized carbons (Fsp3) is 0.241. The number of aliphatic hydroxyl groups excluding tert-OH is 1. The van der Waals surface area contributed by atoms with E-state index in [0.717, 1.165) is 17.5 Å². The van der Waals surface area contributed by atoms with Crippen LogP contribution in [-0.2, 0) is 9.59 Å². The summed E-state index contributed by atoms with van der Waals surface area (Å²) >= 11 is 0. The fourth-order valence-electron chi connectivity index (χ4n) is 4.37. The molecule has 1 unspecified atom stereocenters. The molecule has 1 aliphatic heterocycles. The Balaban J connectivity index is 1.86. The molecule has 6 heteroatoms. The molecule has 0 aromatic heterocycles. The van der Waals surface area contributed by atoms with Crippen molar-refractivity contribution in [3.8, 4) is 11.5 Å². The first kappa shape index (κ1) is 24.1. The number of nitrogens with zero attached hydrogens (tertiary/aromatic N) is 1. The van der Waals surface area contributed by atoms with Gasteiger partial charge in [-0.3, -0.25) is 14.5 Å². The van der Waals surface area contributed by atoms with Gasteiger partial charge in [0.25, 0.3) is 11.7 Å². The molecule has 6 nitrogen and oxygen atoms in total. The molecule has 1 fully saturated rings. The Bertz CT molecular complexity index is 1260. The SMILES string of the molecule is CCCOc1ccc(/C(O)=C2\C(=O)C(=O)N(c3cc(C)cc(C)c3)C2c2ccc(OC)cc2)cc1. The summed E-state index contributed by atoms with van der Waals surface area (Å²) in [4.78, 5) is 28.1. The number of hydrogen-bond acceptors (Lipinski definition) is 5. The average molecular weight is 472 g/mol. The van der Waals surface area contributed by atoms with Crippen LogP contribution in [-0.4, -0.2) is 30.5 Å². The topological polar surface area (TPSA) is 76.1 Å². The van der Waals surface area contributed by atoms with Gasteiger partial charge in [0.15, 0.2) is 0 Å². The van der Waals surface area contributed by atoms with Crippen LogP contribution in [0.1, 0.15) is 41.6 Å². The number of hydrogen-bond donors (Lipinski definition) is 1. The molecule has 0 aliphatic carbocycles. The van der Waals surface area contributed by atoms with Crippen molar-refractivity contribution in [1.29, 1.82) is 0 Å². The van der Waals surface area contributed by atoms with E-state index in [2.05, 4.69) is 0 Å². The summed E-state index contributed by atoms with van der Waals surface area (Å²) < 4.78 is 10.9. The number of methoxy groups -OCH3 is 1. The Morgan fingerprint density at radius 2 is 1.51 bits per heavy atom. The van der Waals surface area contributed by atoms with Gasteiger partial charge >= 0.3 is 0 Å². The number of carbonyl (C=O) groups excluding carboxylic acids is 2. The number of rotatable bonds is 7. The van der Waals surface area contributed by atoms with Crippen molar-refractivity contribution in [2.24, 2.45) is 0 Å². The lowest BCUT2D eigenvalue weighted by molar-refractivity contribution is -0.132. The van der Waals surface area contributed by atoms with Crippen molar-refractivity contribution in [2.75, 3.05) is 18.6 Å². The Morgan fingerprint density at radius 3 is 2.09 bits per heavy atom. The van der Waals surface area contributed by atoms with Crippen molar-refractivity contribution in [3.63, 3.8) is 0 Å². The minimum absolute atomic E-state index is 0.0431. The maximum Gasteiger partial charge on any atom is 0.300 e. The Labute approximate surface area is 205 Å². The van der Waals surface area contributed by atoms with Gasteiger partial charge in [0.1, 0.15) is 17.3 Å². The number of anilines is 1. The highest BCUT2D eigenvalue weighted by Gasteiger charge is 2.47. The lowest BCUT2D eigenvalue weighted by Crippen LogP contribution is -2.29. The van der Waals surface area contributed by atoms with E-state index in [1.165, 1.54) is 4.90 Å². The van der Waals surface area contributed by atoms with Crippen molar-refractivity contribution in [3.05, 3.63) is 94.6 Å². The van der Waals surface area contributed by atoms with Crippen LogP contribution in [0.5, 0.6) is 11.5 Å². The number of Topliss-reactive ketones (excluding diaryl/α,β-unsaturated/α-hetero) is 1. The number of aliphatic hydroxyl groups is 1. The van der Waals surface area contributed by atoms with Crippen LogP contribution < -0.4 is 14.4 Å². The van der Waals surface area contributed by atoms with Gasteiger partial charge in [0, 0.05) is 11.3 Å². The first-order chi connectivity index (χ1) is 16.8.